The Morgan fingerprint density at radius 3 is 2.67 bits per heavy atom. The van der Waals surface area contributed by atoms with Crippen molar-refractivity contribution in [3.63, 3.8) is 0 Å². The molecule has 0 saturated carbocycles. The van der Waals surface area contributed by atoms with Crippen LogP contribution in [-0.4, -0.2) is 17.7 Å². The normalized spacial score (nSPS) is 18.2. The van der Waals surface area contributed by atoms with Gasteiger partial charge in [0.25, 0.3) is 0 Å². The van der Waals surface area contributed by atoms with Crippen molar-refractivity contribution in [2.24, 2.45) is 0 Å². The Morgan fingerprint density at radius 1 is 1.14 bits per heavy atom. The third-order valence-corrected chi connectivity index (χ3v) is 6.85. The number of hydrogen-bond donors (Lipinski definition) is 1. The average molecular weight is 493 g/mol. The summed E-state index contributed by atoms with van der Waals surface area (Å²) in [6, 6.07) is 16.6. The predicted octanol–water partition coefficient (Wildman–Crippen LogP) is 6.18. The lowest BCUT2D eigenvalue weighted by Gasteiger charge is -2.20. The highest BCUT2D eigenvalue weighted by Crippen LogP contribution is 2.44. The quantitative estimate of drug-likeness (QED) is 0.443. The molecule has 1 aliphatic carbocycles. The topological polar surface area (TPSA) is 79.5 Å². The van der Waals surface area contributed by atoms with Crippen LogP contribution in [0.2, 0.25) is 0 Å². The van der Waals surface area contributed by atoms with Gasteiger partial charge in [-0.05, 0) is 59.7 Å². The molecule has 36 heavy (non-hydrogen) atoms. The smallest absolute Gasteiger partial charge is 0.416 e. The van der Waals surface area contributed by atoms with Gasteiger partial charge >= 0.3 is 12.1 Å². The van der Waals surface area contributed by atoms with Crippen LogP contribution >= 0.6 is 0 Å². The van der Waals surface area contributed by atoms with Crippen molar-refractivity contribution < 1.29 is 32.5 Å². The van der Waals surface area contributed by atoms with E-state index in [-0.39, 0.29) is 30.9 Å². The number of benzene rings is 3. The van der Waals surface area contributed by atoms with Gasteiger partial charge in [-0.3, -0.25) is 4.79 Å². The van der Waals surface area contributed by atoms with Gasteiger partial charge in [-0.2, -0.15) is 18.4 Å². The molecular weight excluding hydrogens is 471 g/mol. The van der Waals surface area contributed by atoms with E-state index < -0.39 is 23.8 Å². The maximum absolute atomic E-state index is 13.9. The zero-order chi connectivity index (χ0) is 25.4. The van der Waals surface area contributed by atoms with Gasteiger partial charge in [0.1, 0.15) is 17.6 Å². The minimum atomic E-state index is -4.52. The molecule has 184 valence electrons. The highest BCUT2D eigenvalue weighted by atomic mass is 19.4. The molecule has 0 amide bonds. The van der Waals surface area contributed by atoms with E-state index in [4.69, 9.17) is 14.6 Å². The number of carboxylic acid groups (broad SMARTS) is 1. The fourth-order valence-electron chi connectivity index (χ4n) is 5.18. The first-order chi connectivity index (χ1) is 17.2. The zero-order valence-electron chi connectivity index (χ0n) is 19.1. The standard InChI is InChI=1S/C28H22F3NO4/c29-28(30,31)24-9-7-22-21(23(24)11-16-3-1-2-4-17(16)14-32)8-10-25(22)36-19-5-6-20-18(12-27(33)34)15-35-26(20)13-19/h1-7,9,13,18,25H,8,10-12,15H2,(H,33,34)/t18?,25-/m1/s1. The van der Waals surface area contributed by atoms with Crippen molar-refractivity contribution in [3.8, 4) is 17.6 Å². The summed E-state index contributed by atoms with van der Waals surface area (Å²) in [4.78, 5) is 11.1. The van der Waals surface area contributed by atoms with E-state index in [9.17, 15) is 23.2 Å². The predicted molar refractivity (Wildman–Crippen MR) is 124 cm³/mol. The number of ether oxygens (including phenoxy) is 2. The van der Waals surface area contributed by atoms with Crippen molar-refractivity contribution >= 4 is 5.97 Å². The molecule has 8 heteroatoms. The Labute approximate surface area is 205 Å². The van der Waals surface area contributed by atoms with Gasteiger partial charge in [-0.25, -0.2) is 0 Å². The molecule has 1 unspecified atom stereocenters. The fourth-order valence-corrected chi connectivity index (χ4v) is 5.18. The van der Waals surface area contributed by atoms with E-state index in [1.807, 2.05) is 0 Å². The number of hydrogen-bond acceptors (Lipinski definition) is 4. The molecule has 1 heterocycles. The molecule has 5 nitrogen and oxygen atoms in total. The molecule has 3 aromatic rings. The second-order valence-corrected chi connectivity index (χ2v) is 9.05. The number of aliphatic carboxylic acids is 1. The summed E-state index contributed by atoms with van der Waals surface area (Å²) >= 11 is 0. The van der Waals surface area contributed by atoms with Gasteiger partial charge < -0.3 is 14.6 Å². The lowest BCUT2D eigenvalue weighted by Crippen LogP contribution is -2.13. The molecule has 2 atom stereocenters. The number of carbonyl (C=O) groups is 1. The third-order valence-electron chi connectivity index (χ3n) is 6.85. The van der Waals surface area contributed by atoms with Gasteiger partial charge in [0.15, 0.2) is 0 Å². The summed E-state index contributed by atoms with van der Waals surface area (Å²) in [5, 5.41) is 18.5. The lowest BCUT2D eigenvalue weighted by molar-refractivity contribution is -0.138. The average Bonchev–Trinajstić information content (AvgIpc) is 3.42. The molecule has 0 radical (unpaired) electrons. The molecule has 2 aliphatic rings. The van der Waals surface area contributed by atoms with Crippen molar-refractivity contribution in [1.82, 2.24) is 0 Å². The van der Waals surface area contributed by atoms with E-state index in [0.29, 0.717) is 46.6 Å². The van der Waals surface area contributed by atoms with Crippen LogP contribution in [0.3, 0.4) is 0 Å². The minimum absolute atomic E-state index is 0.00607. The SMILES string of the molecule is N#Cc1ccccc1Cc1c(C(F)(F)F)ccc2c1CC[C@H]2Oc1ccc2c(c1)OCC2CC(=O)O. The zero-order valence-corrected chi connectivity index (χ0v) is 19.1. The molecule has 0 aromatic heterocycles. The summed E-state index contributed by atoms with van der Waals surface area (Å²) in [5.74, 6) is -0.0406. The van der Waals surface area contributed by atoms with Gasteiger partial charge in [-0.1, -0.05) is 30.3 Å². The van der Waals surface area contributed by atoms with Crippen LogP contribution in [0.25, 0.3) is 0 Å². The van der Waals surface area contributed by atoms with E-state index in [1.54, 1.807) is 42.5 Å². The number of fused-ring (bicyclic) bond motifs is 2. The third kappa shape index (κ3) is 4.49. The molecule has 1 N–H and O–H groups in total. The van der Waals surface area contributed by atoms with Crippen LogP contribution in [0.15, 0.2) is 54.6 Å². The van der Waals surface area contributed by atoms with E-state index in [1.165, 1.54) is 6.07 Å². The van der Waals surface area contributed by atoms with Crippen molar-refractivity contribution in [2.45, 2.75) is 43.9 Å². The first kappa shape index (κ1) is 23.7. The molecule has 0 fully saturated rings. The fraction of sp³-hybridized carbons (Fsp3) is 0.286. The van der Waals surface area contributed by atoms with Crippen LogP contribution in [0.5, 0.6) is 11.5 Å². The number of nitriles is 1. The Morgan fingerprint density at radius 2 is 1.92 bits per heavy atom. The molecule has 1 aliphatic heterocycles. The Balaban J connectivity index is 1.45. The monoisotopic (exact) mass is 493 g/mol. The molecule has 0 saturated heterocycles. The highest BCUT2D eigenvalue weighted by molar-refractivity contribution is 5.69. The molecule has 0 bridgehead atoms. The molecule has 5 rings (SSSR count). The number of halogens is 3. The highest BCUT2D eigenvalue weighted by Gasteiger charge is 2.38. The first-order valence-electron chi connectivity index (χ1n) is 11.6. The first-order valence-corrected chi connectivity index (χ1v) is 11.6. The van der Waals surface area contributed by atoms with Crippen LogP contribution in [-0.2, 0) is 23.8 Å². The molecule has 3 aromatic carbocycles. The van der Waals surface area contributed by atoms with Crippen LogP contribution in [0, 0.1) is 11.3 Å². The largest absolute Gasteiger partial charge is 0.492 e. The van der Waals surface area contributed by atoms with Crippen LogP contribution in [0.1, 0.15) is 63.8 Å². The summed E-state index contributed by atoms with van der Waals surface area (Å²) in [6.45, 7) is 0.283. The summed E-state index contributed by atoms with van der Waals surface area (Å²) in [5.41, 5.74) is 2.53. The Hall–Kier alpha value is -3.99. The van der Waals surface area contributed by atoms with Crippen molar-refractivity contribution in [3.05, 3.63) is 93.5 Å². The Kier molecular flexibility index (Phi) is 6.09. The molecular formula is C28H22F3NO4. The van der Waals surface area contributed by atoms with E-state index in [0.717, 1.165) is 11.6 Å². The van der Waals surface area contributed by atoms with Crippen LogP contribution < -0.4 is 9.47 Å². The van der Waals surface area contributed by atoms with Gasteiger partial charge in [-0.15, -0.1) is 0 Å². The molecule has 0 spiro atoms. The second kappa shape index (κ2) is 9.23. The summed E-state index contributed by atoms with van der Waals surface area (Å²) in [6.07, 6.45) is -4.02. The van der Waals surface area contributed by atoms with Gasteiger partial charge in [0, 0.05) is 17.5 Å². The van der Waals surface area contributed by atoms with E-state index >= 15 is 0 Å². The Bertz CT molecular complexity index is 1380. The minimum Gasteiger partial charge on any atom is -0.492 e. The number of rotatable bonds is 6. The number of alkyl halides is 3. The van der Waals surface area contributed by atoms with Crippen molar-refractivity contribution in [1.29, 1.82) is 5.26 Å². The second-order valence-electron chi connectivity index (χ2n) is 9.05. The van der Waals surface area contributed by atoms with Crippen LogP contribution in [0.4, 0.5) is 13.2 Å². The van der Waals surface area contributed by atoms with E-state index in [2.05, 4.69) is 6.07 Å². The maximum Gasteiger partial charge on any atom is 0.416 e. The maximum atomic E-state index is 13.9. The lowest BCUT2D eigenvalue weighted by atomic mass is 9.90. The number of nitrogens with zero attached hydrogens (tertiary/aromatic N) is 1. The summed E-state index contributed by atoms with van der Waals surface area (Å²) in [7, 11) is 0. The number of carboxylic acids is 1. The van der Waals surface area contributed by atoms with Gasteiger partial charge in [0.05, 0.1) is 30.2 Å². The van der Waals surface area contributed by atoms with Crippen molar-refractivity contribution in [2.75, 3.05) is 6.61 Å². The van der Waals surface area contributed by atoms with Gasteiger partial charge in [0.2, 0.25) is 0 Å². The summed E-state index contributed by atoms with van der Waals surface area (Å²) < 4.78 is 53.7.